The average Bonchev–Trinajstić information content (AvgIpc) is 3.61. The van der Waals surface area contributed by atoms with Crippen molar-refractivity contribution in [1.82, 2.24) is 29.1 Å². The average molecular weight is 555 g/mol. The summed E-state index contributed by atoms with van der Waals surface area (Å²) in [6.45, 7) is 4.65. The first-order valence-corrected chi connectivity index (χ1v) is 14.5. The highest BCUT2D eigenvalue weighted by atomic mass is 15.1. The molecule has 1 aliphatic heterocycles. The summed E-state index contributed by atoms with van der Waals surface area (Å²) in [5, 5.41) is 2.52. The van der Waals surface area contributed by atoms with E-state index in [0.717, 1.165) is 39.4 Å². The highest BCUT2D eigenvalue weighted by Gasteiger charge is 2.36. The molecule has 1 aliphatic rings. The van der Waals surface area contributed by atoms with Crippen molar-refractivity contribution >= 4 is 32.8 Å². The molecule has 9 rings (SSSR count). The van der Waals surface area contributed by atoms with Crippen molar-refractivity contribution in [3.05, 3.63) is 133 Å². The second-order valence-electron chi connectivity index (χ2n) is 11.6. The SMILES string of the molecule is CC1(C)c2cc(-n3c4ccccc4c4ccccc43)ccc2-n2c(-c3ccccc3-c3ncncn3)nc3cccc1c32. The van der Waals surface area contributed by atoms with Gasteiger partial charge < -0.3 is 4.57 Å². The van der Waals surface area contributed by atoms with Gasteiger partial charge in [-0.2, -0.15) is 0 Å². The Hall–Kier alpha value is -5.62. The number of hydrogen-bond acceptors (Lipinski definition) is 4. The van der Waals surface area contributed by atoms with Crippen LogP contribution in [0.15, 0.2) is 122 Å². The molecule has 6 nitrogen and oxygen atoms in total. The van der Waals surface area contributed by atoms with E-state index in [2.05, 4.69) is 135 Å². The summed E-state index contributed by atoms with van der Waals surface area (Å²) in [5.41, 5.74) is 11.0. The summed E-state index contributed by atoms with van der Waals surface area (Å²) in [6, 6.07) is 38.9. The van der Waals surface area contributed by atoms with Gasteiger partial charge in [-0.05, 0) is 47.5 Å². The third-order valence-electron chi connectivity index (χ3n) is 8.98. The standard InChI is InChI=1S/C37H26N6/c1-37(2)28-14-9-15-30-34(28)43(36(41-30)27-13-4-3-12-26(27)35-39-21-38-22-40-35)33-19-18-23(20-29(33)37)42-31-16-7-5-10-24(31)25-11-6-8-17-32(25)42/h3-22H,1-2H3. The number of imidazole rings is 1. The third kappa shape index (κ3) is 3.29. The topological polar surface area (TPSA) is 61.4 Å². The normalized spacial score (nSPS) is 13.5. The van der Waals surface area contributed by atoms with Gasteiger partial charge in [0.1, 0.15) is 18.5 Å². The summed E-state index contributed by atoms with van der Waals surface area (Å²) in [4.78, 5) is 18.2. The molecule has 0 N–H and O–H groups in total. The zero-order valence-electron chi connectivity index (χ0n) is 23.7. The van der Waals surface area contributed by atoms with Crippen LogP contribution < -0.4 is 0 Å². The summed E-state index contributed by atoms with van der Waals surface area (Å²) in [6.07, 6.45) is 3.08. The van der Waals surface area contributed by atoms with Gasteiger partial charge in [0.2, 0.25) is 0 Å². The van der Waals surface area contributed by atoms with Crippen LogP contribution in [0.25, 0.3) is 67.0 Å². The Bertz CT molecular complexity index is 2330. The minimum Gasteiger partial charge on any atom is -0.309 e. The fourth-order valence-corrected chi connectivity index (χ4v) is 7.00. The lowest BCUT2D eigenvalue weighted by molar-refractivity contribution is 0.628. The van der Waals surface area contributed by atoms with E-state index >= 15 is 0 Å². The van der Waals surface area contributed by atoms with Gasteiger partial charge in [0.25, 0.3) is 0 Å². The lowest BCUT2D eigenvalue weighted by Gasteiger charge is -2.35. The summed E-state index contributed by atoms with van der Waals surface area (Å²) in [5.74, 6) is 1.50. The first-order valence-electron chi connectivity index (χ1n) is 14.5. The van der Waals surface area contributed by atoms with E-state index in [0.29, 0.717) is 5.82 Å². The number of benzene rings is 5. The Morgan fingerprint density at radius 2 is 1.28 bits per heavy atom. The molecular formula is C37H26N6. The van der Waals surface area contributed by atoms with Crippen molar-refractivity contribution in [2.45, 2.75) is 19.3 Å². The van der Waals surface area contributed by atoms with E-state index in [4.69, 9.17) is 4.98 Å². The van der Waals surface area contributed by atoms with Crippen LogP contribution in [0.3, 0.4) is 0 Å². The Morgan fingerprint density at radius 3 is 2.02 bits per heavy atom. The Morgan fingerprint density at radius 1 is 0.605 bits per heavy atom. The molecule has 0 radical (unpaired) electrons. The molecule has 0 atom stereocenters. The quantitative estimate of drug-likeness (QED) is 0.220. The van der Waals surface area contributed by atoms with Gasteiger partial charge in [-0.15, -0.1) is 0 Å². The van der Waals surface area contributed by atoms with E-state index in [-0.39, 0.29) is 5.41 Å². The largest absolute Gasteiger partial charge is 0.309 e. The summed E-state index contributed by atoms with van der Waals surface area (Å²) < 4.78 is 4.73. The van der Waals surface area contributed by atoms with Gasteiger partial charge in [-0.1, -0.05) is 86.6 Å². The molecule has 0 spiro atoms. The van der Waals surface area contributed by atoms with Crippen LogP contribution in [0.5, 0.6) is 0 Å². The monoisotopic (exact) mass is 554 g/mol. The zero-order valence-corrected chi connectivity index (χ0v) is 23.7. The van der Waals surface area contributed by atoms with Crippen molar-refractivity contribution in [1.29, 1.82) is 0 Å². The zero-order chi connectivity index (χ0) is 28.7. The summed E-state index contributed by atoms with van der Waals surface area (Å²) >= 11 is 0. The van der Waals surface area contributed by atoms with Crippen LogP contribution in [0, 0.1) is 0 Å². The molecule has 8 aromatic rings. The molecule has 43 heavy (non-hydrogen) atoms. The molecule has 0 saturated heterocycles. The predicted octanol–water partition coefficient (Wildman–Crippen LogP) is 8.28. The van der Waals surface area contributed by atoms with Crippen LogP contribution in [-0.2, 0) is 5.41 Å². The molecule has 4 heterocycles. The van der Waals surface area contributed by atoms with Crippen molar-refractivity contribution in [2.75, 3.05) is 0 Å². The molecule has 6 heteroatoms. The van der Waals surface area contributed by atoms with Crippen LogP contribution in [0.2, 0.25) is 0 Å². The highest BCUT2D eigenvalue weighted by Crippen LogP contribution is 2.47. The fourth-order valence-electron chi connectivity index (χ4n) is 7.00. The second-order valence-corrected chi connectivity index (χ2v) is 11.6. The molecule has 0 unspecified atom stereocenters. The Kier molecular flexibility index (Phi) is 4.86. The Labute approximate surface area is 248 Å². The van der Waals surface area contributed by atoms with Crippen LogP contribution >= 0.6 is 0 Å². The van der Waals surface area contributed by atoms with Gasteiger partial charge in [0, 0.05) is 33.0 Å². The lowest BCUT2D eigenvalue weighted by atomic mass is 9.74. The molecule has 0 bridgehead atoms. The lowest BCUT2D eigenvalue weighted by Crippen LogP contribution is -2.26. The number of aromatic nitrogens is 6. The Balaban J connectivity index is 1.34. The number of rotatable bonds is 3. The molecule has 0 fully saturated rings. The van der Waals surface area contributed by atoms with Gasteiger partial charge in [0.05, 0.1) is 27.8 Å². The molecule has 3 aromatic heterocycles. The van der Waals surface area contributed by atoms with E-state index in [1.165, 1.54) is 45.6 Å². The smallest absolute Gasteiger partial charge is 0.163 e. The number of para-hydroxylation sites is 3. The van der Waals surface area contributed by atoms with Gasteiger partial charge in [-0.3, -0.25) is 4.57 Å². The number of nitrogens with zero attached hydrogens (tertiary/aromatic N) is 6. The van der Waals surface area contributed by atoms with Gasteiger partial charge in [-0.25, -0.2) is 19.9 Å². The molecule has 0 amide bonds. The highest BCUT2D eigenvalue weighted by molar-refractivity contribution is 6.09. The molecule has 5 aromatic carbocycles. The molecule has 204 valence electrons. The number of fused-ring (bicyclic) bond motifs is 5. The van der Waals surface area contributed by atoms with Crippen molar-refractivity contribution in [3.63, 3.8) is 0 Å². The molecular weight excluding hydrogens is 528 g/mol. The van der Waals surface area contributed by atoms with E-state index < -0.39 is 0 Å². The molecule has 0 aliphatic carbocycles. The maximum atomic E-state index is 5.25. The van der Waals surface area contributed by atoms with Crippen LogP contribution in [0.1, 0.15) is 25.0 Å². The van der Waals surface area contributed by atoms with Crippen LogP contribution in [-0.4, -0.2) is 29.1 Å². The van der Waals surface area contributed by atoms with Crippen molar-refractivity contribution < 1.29 is 0 Å². The maximum Gasteiger partial charge on any atom is 0.163 e. The first kappa shape index (κ1) is 24.0. The van der Waals surface area contributed by atoms with Crippen molar-refractivity contribution in [2.24, 2.45) is 0 Å². The van der Waals surface area contributed by atoms with E-state index in [1.807, 2.05) is 12.1 Å². The van der Waals surface area contributed by atoms with Gasteiger partial charge in [0.15, 0.2) is 5.82 Å². The minimum atomic E-state index is -0.245. The van der Waals surface area contributed by atoms with E-state index in [1.54, 1.807) is 0 Å². The third-order valence-corrected chi connectivity index (χ3v) is 8.98. The van der Waals surface area contributed by atoms with Gasteiger partial charge >= 0.3 is 0 Å². The first-order chi connectivity index (χ1) is 21.1. The second kappa shape index (κ2) is 8.69. The number of hydrogen-bond donors (Lipinski definition) is 0. The molecule has 0 saturated carbocycles. The minimum absolute atomic E-state index is 0.245. The van der Waals surface area contributed by atoms with E-state index in [9.17, 15) is 0 Å². The van der Waals surface area contributed by atoms with Crippen molar-refractivity contribution in [3.8, 4) is 34.2 Å². The predicted molar refractivity (Wildman–Crippen MR) is 172 cm³/mol. The summed E-state index contributed by atoms with van der Waals surface area (Å²) in [7, 11) is 0. The maximum absolute atomic E-state index is 5.25. The fraction of sp³-hybridized carbons (Fsp3) is 0.0811. The van der Waals surface area contributed by atoms with Crippen LogP contribution in [0.4, 0.5) is 0 Å².